The maximum absolute atomic E-state index is 13.3. The fourth-order valence-corrected chi connectivity index (χ4v) is 4.31. The van der Waals surface area contributed by atoms with E-state index in [1.807, 2.05) is 67.7 Å². The molecule has 0 radical (unpaired) electrons. The predicted octanol–water partition coefficient (Wildman–Crippen LogP) is 5.64. The van der Waals surface area contributed by atoms with Crippen molar-refractivity contribution in [2.24, 2.45) is 0 Å². The highest BCUT2D eigenvalue weighted by molar-refractivity contribution is 6.19. The van der Waals surface area contributed by atoms with Gasteiger partial charge in [-0.15, -0.1) is 0 Å². The third kappa shape index (κ3) is 5.10. The van der Waals surface area contributed by atoms with Crippen LogP contribution in [0.5, 0.6) is 5.75 Å². The number of carbonyl (C=O) groups excluding carboxylic acids is 2. The number of para-hydroxylation sites is 1. The van der Waals surface area contributed by atoms with Crippen LogP contribution in [0.25, 0.3) is 23.0 Å². The summed E-state index contributed by atoms with van der Waals surface area (Å²) in [6, 6.07) is 17.6. The molecule has 1 aromatic heterocycles. The first-order valence-electron chi connectivity index (χ1n) is 12.5. The molecule has 3 aromatic rings. The number of aryl methyl sites for hydroxylation is 1. The first kappa shape index (κ1) is 25.6. The van der Waals surface area contributed by atoms with Crippen LogP contribution in [0.3, 0.4) is 0 Å². The number of ether oxygens (including phenoxy) is 1. The normalized spacial score (nSPS) is 14.9. The highest BCUT2D eigenvalue weighted by Gasteiger charge is 2.34. The smallest absolute Gasteiger partial charge is 0.271 e. The van der Waals surface area contributed by atoms with Gasteiger partial charge in [-0.1, -0.05) is 31.5 Å². The summed E-state index contributed by atoms with van der Waals surface area (Å²) in [5.74, 6) is -0.174. The lowest BCUT2D eigenvalue weighted by molar-refractivity contribution is -0.140. The molecule has 0 bridgehead atoms. The number of hydrogen-bond donors (Lipinski definition) is 0. The van der Waals surface area contributed by atoms with Gasteiger partial charge in [0.2, 0.25) is 0 Å². The molecule has 1 aliphatic rings. The van der Waals surface area contributed by atoms with Crippen molar-refractivity contribution >= 4 is 17.9 Å². The molecule has 188 valence electrons. The van der Waals surface area contributed by atoms with Crippen molar-refractivity contribution in [1.82, 2.24) is 14.7 Å². The number of nitriles is 1. The summed E-state index contributed by atoms with van der Waals surface area (Å²) < 4.78 is 7.65. The van der Waals surface area contributed by atoms with Crippen LogP contribution in [0.1, 0.15) is 44.7 Å². The topological polar surface area (TPSA) is 88.2 Å². The molecule has 7 nitrogen and oxygen atoms in total. The van der Waals surface area contributed by atoms with E-state index in [9.17, 15) is 14.9 Å². The molecular weight excluding hydrogens is 464 g/mol. The number of unbranched alkanes of at least 4 members (excludes halogenated alkanes) is 1. The van der Waals surface area contributed by atoms with Crippen molar-refractivity contribution in [1.29, 1.82) is 5.26 Å². The number of aromatic nitrogens is 2. The van der Waals surface area contributed by atoms with Crippen LogP contribution < -0.4 is 4.74 Å². The molecule has 0 saturated carbocycles. The van der Waals surface area contributed by atoms with Gasteiger partial charge in [0.15, 0.2) is 0 Å². The van der Waals surface area contributed by atoms with E-state index in [0.717, 1.165) is 40.3 Å². The summed E-state index contributed by atoms with van der Waals surface area (Å²) in [7, 11) is 0. The minimum Gasteiger partial charge on any atom is -0.494 e. The molecule has 0 aliphatic carbocycles. The maximum Gasteiger partial charge on any atom is 0.271 e. The van der Waals surface area contributed by atoms with E-state index in [-0.39, 0.29) is 12.1 Å². The van der Waals surface area contributed by atoms with Crippen molar-refractivity contribution in [3.8, 4) is 28.8 Å². The van der Waals surface area contributed by atoms with Crippen LogP contribution in [0, 0.1) is 18.3 Å². The van der Waals surface area contributed by atoms with Crippen LogP contribution in [-0.4, -0.2) is 39.6 Å². The Morgan fingerprint density at radius 2 is 1.81 bits per heavy atom. The van der Waals surface area contributed by atoms with Gasteiger partial charge in [0, 0.05) is 29.4 Å². The zero-order valence-electron chi connectivity index (χ0n) is 21.6. The van der Waals surface area contributed by atoms with Gasteiger partial charge in [0.25, 0.3) is 11.8 Å². The number of rotatable bonds is 8. The van der Waals surface area contributed by atoms with Gasteiger partial charge >= 0.3 is 0 Å². The zero-order valence-corrected chi connectivity index (χ0v) is 21.6. The van der Waals surface area contributed by atoms with Crippen LogP contribution in [0.4, 0.5) is 0 Å². The molecule has 0 unspecified atom stereocenters. The summed E-state index contributed by atoms with van der Waals surface area (Å²) in [6.07, 6.45) is 5.65. The quantitative estimate of drug-likeness (QED) is 0.230. The fraction of sp³-hybridized carbons (Fsp3) is 0.267. The van der Waals surface area contributed by atoms with Gasteiger partial charge in [0.05, 0.1) is 12.3 Å². The van der Waals surface area contributed by atoms with Crippen LogP contribution in [-0.2, 0) is 9.59 Å². The second-order valence-electron chi connectivity index (χ2n) is 8.92. The van der Waals surface area contributed by atoms with Gasteiger partial charge < -0.3 is 4.74 Å². The molecule has 4 rings (SSSR count). The number of hydrogen-bond acceptors (Lipinski definition) is 5. The van der Waals surface area contributed by atoms with Crippen molar-refractivity contribution in [3.63, 3.8) is 0 Å². The van der Waals surface area contributed by atoms with E-state index >= 15 is 0 Å². The standard InChI is InChI=1S/C30H30N4O3/c1-5-7-15-37-24-13-14-25(20(3)16-24)28-22(19-34(32-28)23-11-9-8-10-12-23)17-26-21(4)27(18-31)30(36)33(6-2)29(26)35/h8-14,16-17,19H,5-7,15H2,1-4H3/b26-17+. The van der Waals surface area contributed by atoms with E-state index in [1.165, 1.54) is 0 Å². The Morgan fingerprint density at radius 1 is 1.05 bits per heavy atom. The minimum atomic E-state index is -0.556. The van der Waals surface area contributed by atoms with Gasteiger partial charge in [0.1, 0.15) is 23.1 Å². The van der Waals surface area contributed by atoms with Crippen molar-refractivity contribution in [2.75, 3.05) is 13.2 Å². The lowest BCUT2D eigenvalue weighted by Crippen LogP contribution is -2.42. The summed E-state index contributed by atoms with van der Waals surface area (Å²) in [6.45, 7) is 8.33. The Kier molecular flexibility index (Phi) is 7.69. The summed E-state index contributed by atoms with van der Waals surface area (Å²) in [5.41, 5.74) is 4.81. The van der Waals surface area contributed by atoms with Gasteiger partial charge in [-0.25, -0.2) is 4.68 Å². The molecular formula is C30H30N4O3. The lowest BCUT2D eigenvalue weighted by Gasteiger charge is -2.26. The van der Waals surface area contributed by atoms with Crippen LogP contribution in [0.2, 0.25) is 0 Å². The average Bonchev–Trinajstić information content (AvgIpc) is 3.31. The molecule has 1 aliphatic heterocycles. The number of carbonyl (C=O) groups is 2. The molecule has 37 heavy (non-hydrogen) atoms. The number of imide groups is 1. The molecule has 0 atom stereocenters. The Hall–Kier alpha value is -4.44. The van der Waals surface area contributed by atoms with Crippen molar-refractivity contribution in [2.45, 2.75) is 40.5 Å². The zero-order chi connectivity index (χ0) is 26.5. The van der Waals surface area contributed by atoms with Crippen molar-refractivity contribution in [3.05, 3.63) is 82.6 Å². The Bertz CT molecular complexity index is 1440. The van der Waals surface area contributed by atoms with E-state index in [4.69, 9.17) is 9.84 Å². The van der Waals surface area contributed by atoms with Crippen molar-refractivity contribution < 1.29 is 14.3 Å². The van der Waals surface area contributed by atoms with Crippen LogP contribution >= 0.6 is 0 Å². The molecule has 2 aromatic carbocycles. The van der Waals surface area contributed by atoms with E-state index in [2.05, 4.69) is 6.92 Å². The Balaban J connectivity index is 1.87. The number of nitrogens with zero attached hydrogens (tertiary/aromatic N) is 4. The van der Waals surface area contributed by atoms with E-state index < -0.39 is 11.8 Å². The minimum absolute atomic E-state index is 0.0190. The number of benzene rings is 2. The molecule has 0 saturated heterocycles. The van der Waals surface area contributed by atoms with Gasteiger partial charge in [-0.3, -0.25) is 14.5 Å². The average molecular weight is 495 g/mol. The number of likely N-dealkylation sites (N-methyl/N-ethyl adjacent to an activating group) is 1. The first-order chi connectivity index (χ1) is 17.9. The summed E-state index contributed by atoms with van der Waals surface area (Å²) in [4.78, 5) is 27.0. The third-order valence-corrected chi connectivity index (χ3v) is 6.42. The first-order valence-corrected chi connectivity index (χ1v) is 12.5. The lowest BCUT2D eigenvalue weighted by atomic mass is 9.93. The van der Waals surface area contributed by atoms with E-state index in [0.29, 0.717) is 29.0 Å². The molecule has 0 spiro atoms. The number of amides is 2. The second kappa shape index (κ2) is 11.1. The highest BCUT2D eigenvalue weighted by Crippen LogP contribution is 2.33. The van der Waals surface area contributed by atoms with Crippen LogP contribution in [0.15, 0.2) is 71.4 Å². The molecule has 0 fully saturated rings. The largest absolute Gasteiger partial charge is 0.494 e. The molecule has 2 amide bonds. The maximum atomic E-state index is 13.3. The SMILES string of the molecule is CCCCOc1ccc(-c2nn(-c3ccccc3)cc2/C=C2/C(=O)N(CC)C(=O)C(C#N)=C2C)c(C)c1. The van der Waals surface area contributed by atoms with Gasteiger partial charge in [-0.05, 0) is 74.7 Å². The Labute approximate surface area is 217 Å². The summed E-state index contributed by atoms with van der Waals surface area (Å²) >= 11 is 0. The monoisotopic (exact) mass is 494 g/mol. The molecule has 2 heterocycles. The molecule has 0 N–H and O–H groups in total. The fourth-order valence-electron chi connectivity index (χ4n) is 4.31. The Morgan fingerprint density at radius 3 is 2.46 bits per heavy atom. The second-order valence-corrected chi connectivity index (χ2v) is 8.92. The van der Waals surface area contributed by atoms with E-state index in [1.54, 1.807) is 24.6 Å². The predicted molar refractivity (Wildman–Crippen MR) is 143 cm³/mol. The van der Waals surface area contributed by atoms with Gasteiger partial charge in [-0.2, -0.15) is 10.4 Å². The molecule has 7 heteroatoms. The summed E-state index contributed by atoms with van der Waals surface area (Å²) in [5, 5.41) is 14.5. The highest BCUT2D eigenvalue weighted by atomic mass is 16.5. The third-order valence-electron chi connectivity index (χ3n) is 6.42.